The van der Waals surface area contributed by atoms with Gasteiger partial charge in [0.2, 0.25) is 0 Å². The van der Waals surface area contributed by atoms with Crippen LogP contribution in [0.15, 0.2) is 59.6 Å². The first-order chi connectivity index (χ1) is 19.3. The minimum atomic E-state index is -2.50. The van der Waals surface area contributed by atoms with E-state index in [4.69, 9.17) is 8.85 Å². The summed E-state index contributed by atoms with van der Waals surface area (Å²) in [4.78, 5) is 38.2. The molecule has 3 N–H and O–H groups in total. The van der Waals surface area contributed by atoms with Gasteiger partial charge in [-0.15, -0.1) is 0 Å². The fourth-order valence-corrected chi connectivity index (χ4v) is 3.99. The lowest BCUT2D eigenvalue weighted by atomic mass is 10.1. The molecule has 0 atom stereocenters. The van der Waals surface area contributed by atoms with Crippen LogP contribution in [0.2, 0.25) is 0 Å². The van der Waals surface area contributed by atoms with E-state index in [2.05, 4.69) is 40.1 Å². The molecule has 0 fully saturated rings. The Morgan fingerprint density at radius 1 is 1.13 bits per heavy atom. The van der Waals surface area contributed by atoms with E-state index < -0.39 is 34.7 Å². The fraction of sp³-hybridized carbons (Fsp3) is 0.200. The van der Waals surface area contributed by atoms with Gasteiger partial charge >= 0.3 is 0 Å². The molecule has 0 spiro atoms. The van der Waals surface area contributed by atoms with Crippen LogP contribution in [-0.4, -0.2) is 60.7 Å². The van der Waals surface area contributed by atoms with Crippen LogP contribution in [0.5, 0.6) is 5.75 Å². The lowest BCUT2D eigenvalue weighted by Crippen LogP contribution is -2.13. The van der Waals surface area contributed by atoms with Crippen molar-refractivity contribution < 1.29 is 22.6 Å². The summed E-state index contributed by atoms with van der Waals surface area (Å²) in [7, 11) is -0.964. The van der Waals surface area contributed by atoms with Crippen LogP contribution in [0.25, 0.3) is 11.3 Å². The number of aromatic nitrogens is 5. The zero-order valence-electron chi connectivity index (χ0n) is 23.7. The Hall–Kier alpha value is -4.65. The number of amides is 1. The number of rotatable bonds is 9. The average Bonchev–Trinajstić information content (AvgIpc) is 3.43. The van der Waals surface area contributed by atoms with Gasteiger partial charge in [0.25, 0.3) is 5.91 Å². The summed E-state index contributed by atoms with van der Waals surface area (Å²) in [5, 5.41) is 12.0. The molecule has 0 radical (unpaired) electrons. The van der Waals surface area contributed by atoms with Crippen LogP contribution in [0, 0.1) is 0 Å². The van der Waals surface area contributed by atoms with Crippen molar-refractivity contribution in [1.29, 1.82) is 0 Å². The molecule has 0 aliphatic heterocycles. The molecule has 196 valence electrons. The topological polar surface area (TPSA) is 164 Å². The second-order valence-electron chi connectivity index (χ2n) is 8.20. The van der Waals surface area contributed by atoms with Crippen molar-refractivity contribution in [3.05, 3.63) is 66.4 Å². The van der Waals surface area contributed by atoms with Gasteiger partial charge in [-0.05, 0) is 12.1 Å². The molecule has 38 heavy (non-hydrogen) atoms. The van der Waals surface area contributed by atoms with Gasteiger partial charge in [-0.1, -0.05) is 12.9 Å². The Bertz CT molecular complexity index is 1690. The third-order valence-corrected chi connectivity index (χ3v) is 5.71. The van der Waals surface area contributed by atoms with Gasteiger partial charge in [0, 0.05) is 56.8 Å². The van der Waals surface area contributed by atoms with E-state index in [0.717, 1.165) is 0 Å². The maximum atomic E-state index is 12.9. The minimum Gasteiger partial charge on any atom is -0.494 e. The van der Waals surface area contributed by atoms with Gasteiger partial charge in [-0.25, -0.2) is 14.2 Å². The van der Waals surface area contributed by atoms with Crippen molar-refractivity contribution in [1.82, 2.24) is 25.1 Å². The lowest BCUT2D eigenvalue weighted by Gasteiger charge is -2.17. The Balaban J connectivity index is 1.73. The zero-order valence-corrected chi connectivity index (χ0v) is 21.5. The summed E-state index contributed by atoms with van der Waals surface area (Å²) in [5.74, 6) is -0.495. The summed E-state index contributed by atoms with van der Waals surface area (Å²) in [6.45, 7) is -2.50. The van der Waals surface area contributed by atoms with E-state index in [1.807, 2.05) is 0 Å². The van der Waals surface area contributed by atoms with Crippen LogP contribution >= 0.6 is 0 Å². The molecular formula is C25H26N8O4S. The van der Waals surface area contributed by atoms with E-state index in [0.29, 0.717) is 22.7 Å². The Morgan fingerprint density at radius 2 is 1.97 bits per heavy atom. The van der Waals surface area contributed by atoms with Crippen LogP contribution in [0.3, 0.4) is 0 Å². The number of para-hydroxylation sites is 1. The molecule has 0 bridgehead atoms. The smallest absolute Gasteiger partial charge is 0.259 e. The molecule has 4 rings (SSSR count). The van der Waals surface area contributed by atoms with Gasteiger partial charge in [-0.3, -0.25) is 19.7 Å². The number of hydrogen-bond acceptors (Lipinski definition) is 10. The van der Waals surface area contributed by atoms with Crippen LogP contribution in [-0.2, 0) is 9.73 Å². The largest absolute Gasteiger partial charge is 0.494 e. The van der Waals surface area contributed by atoms with Gasteiger partial charge in [0.15, 0.2) is 17.4 Å². The number of hydrogen-bond donors (Lipinski definition) is 3. The number of pyridine rings is 1. The third kappa shape index (κ3) is 6.18. The summed E-state index contributed by atoms with van der Waals surface area (Å²) >= 11 is 0. The number of ether oxygens (including phenoxy) is 1. The summed E-state index contributed by atoms with van der Waals surface area (Å²) in [6, 6.07) is 6.57. The highest BCUT2D eigenvalue weighted by atomic mass is 32.2. The lowest BCUT2D eigenvalue weighted by molar-refractivity contribution is 0.0987. The van der Waals surface area contributed by atoms with Crippen LogP contribution < -0.4 is 15.4 Å². The van der Waals surface area contributed by atoms with Crippen LogP contribution in [0.4, 0.5) is 23.0 Å². The van der Waals surface area contributed by atoms with Gasteiger partial charge < -0.3 is 15.4 Å². The first-order valence-corrected chi connectivity index (χ1v) is 13.4. The first-order valence-electron chi connectivity index (χ1n) is 12.6. The molecule has 0 aliphatic carbocycles. The monoisotopic (exact) mass is 537 g/mol. The quantitative estimate of drug-likeness (QED) is 0.265. The summed E-state index contributed by atoms with van der Waals surface area (Å²) in [5.41, 5.74) is 1.84. The number of nitrogens with one attached hydrogen (secondary N) is 3. The predicted octanol–water partition coefficient (Wildman–Crippen LogP) is 4.22. The van der Waals surface area contributed by atoms with E-state index in [1.54, 1.807) is 18.2 Å². The van der Waals surface area contributed by atoms with Crippen LogP contribution in [0.1, 0.15) is 38.1 Å². The number of aromatic amines is 1. The summed E-state index contributed by atoms with van der Waals surface area (Å²) < 4.78 is 44.2. The van der Waals surface area contributed by atoms with Gasteiger partial charge in [0.1, 0.15) is 5.82 Å². The standard InChI is InChI=1S/C25H26N8O4S/c1-5-21(34)17-12-27-22(32-25(35)15-10-29-30-11-15)9-19(17)31-18-8-6-7-16(24(18)37-2)20-13-28-23(14-26-20)33-38(3,4)36/h6-14H,5H2,1-4H3,(H,29,30)(H2,27,31,32,35)/i1D3. The highest BCUT2D eigenvalue weighted by Crippen LogP contribution is 2.38. The molecule has 3 heterocycles. The number of ketones is 1. The molecule has 0 unspecified atom stereocenters. The number of benzene rings is 1. The molecule has 1 amide bonds. The van der Waals surface area contributed by atoms with Crippen molar-refractivity contribution in [2.75, 3.05) is 30.3 Å². The fourth-order valence-electron chi connectivity index (χ4n) is 3.44. The Kier molecular flexibility index (Phi) is 6.63. The number of H-pyrrole nitrogens is 1. The predicted molar refractivity (Wildman–Crippen MR) is 145 cm³/mol. The normalized spacial score (nSPS) is 12.6. The first kappa shape index (κ1) is 22.5. The number of carbonyl (C=O) groups is 2. The van der Waals surface area contributed by atoms with E-state index >= 15 is 0 Å². The highest BCUT2D eigenvalue weighted by Gasteiger charge is 2.18. The van der Waals surface area contributed by atoms with Crippen molar-refractivity contribution in [2.45, 2.75) is 13.3 Å². The zero-order chi connectivity index (χ0) is 29.8. The average molecular weight is 538 g/mol. The number of methoxy groups -OCH3 is 1. The van der Waals surface area contributed by atoms with Crippen molar-refractivity contribution in [2.24, 2.45) is 4.36 Å². The van der Waals surface area contributed by atoms with E-state index in [9.17, 15) is 13.8 Å². The Labute approximate surface area is 223 Å². The molecule has 3 aromatic heterocycles. The van der Waals surface area contributed by atoms with E-state index in [-0.39, 0.29) is 28.5 Å². The maximum Gasteiger partial charge on any atom is 0.259 e. The molecule has 0 aliphatic rings. The molecule has 1 aromatic carbocycles. The van der Waals surface area contributed by atoms with Crippen molar-refractivity contribution in [3.8, 4) is 17.0 Å². The molecule has 12 nitrogen and oxygen atoms in total. The van der Waals surface area contributed by atoms with Crippen molar-refractivity contribution >= 4 is 44.4 Å². The number of Topliss-reactive ketones (excluding diaryl/α,β-unsaturated/α-hetero) is 1. The molecule has 13 heteroatoms. The van der Waals surface area contributed by atoms with Crippen molar-refractivity contribution in [3.63, 3.8) is 0 Å². The second kappa shape index (κ2) is 11.2. The summed E-state index contributed by atoms with van der Waals surface area (Å²) in [6.07, 6.45) is 9.08. The maximum absolute atomic E-state index is 12.9. The number of carbonyl (C=O) groups excluding carboxylic acids is 2. The SMILES string of the molecule is [2H]C([2H])([2H])CC(=O)c1cnc(NC(=O)c2cn[nH]c2)cc1Nc1cccc(-c2cnc(N=S(C)(C)=O)cn2)c1OC. The number of anilines is 3. The molecular weight excluding hydrogens is 508 g/mol. The Morgan fingerprint density at radius 3 is 2.63 bits per heavy atom. The minimum absolute atomic E-state index is 0.00312. The second-order valence-corrected chi connectivity index (χ2v) is 10.7. The molecule has 4 aromatic rings. The van der Waals surface area contributed by atoms with Gasteiger partial charge in [0.05, 0.1) is 53.9 Å². The van der Waals surface area contributed by atoms with E-state index in [1.165, 1.54) is 56.7 Å². The highest BCUT2D eigenvalue weighted by molar-refractivity contribution is 7.92. The van der Waals surface area contributed by atoms with Gasteiger partial charge in [-0.2, -0.15) is 9.46 Å². The molecule has 0 saturated carbocycles. The number of nitrogens with zero attached hydrogens (tertiary/aromatic N) is 5. The molecule has 0 saturated heterocycles. The third-order valence-electron chi connectivity index (χ3n) is 5.08.